The fraction of sp³-hybridized carbons (Fsp3) is 0.571. The first kappa shape index (κ1) is 34.8. The molecule has 0 saturated carbocycles. The van der Waals surface area contributed by atoms with Crippen LogP contribution in [0.25, 0.3) is 0 Å². The van der Waals surface area contributed by atoms with Crippen molar-refractivity contribution in [3.63, 3.8) is 0 Å². The molecule has 0 atom stereocenters. The topological polar surface area (TPSA) is 86.2 Å². The van der Waals surface area contributed by atoms with Gasteiger partial charge in [-0.15, -0.1) is 0 Å². The van der Waals surface area contributed by atoms with Crippen LogP contribution in [0.3, 0.4) is 0 Å². The van der Waals surface area contributed by atoms with E-state index in [1.807, 2.05) is 6.92 Å². The molecule has 0 spiro atoms. The maximum Gasteiger partial charge on any atom is 0.343 e. The number of nitrogens with zero attached hydrogens (tertiary/aromatic N) is 1. The first-order valence-corrected chi connectivity index (χ1v) is 16.0. The molecule has 0 aliphatic carbocycles. The summed E-state index contributed by atoms with van der Waals surface area (Å²) in [6, 6.07) is 11.9. The zero-order valence-corrected chi connectivity index (χ0v) is 26.1. The molecule has 0 saturated heterocycles. The van der Waals surface area contributed by atoms with Gasteiger partial charge in [0.05, 0.1) is 25.5 Å². The second-order valence-electron chi connectivity index (χ2n) is 10.8. The summed E-state index contributed by atoms with van der Waals surface area (Å²) in [6.45, 7) is 4.73. The maximum atomic E-state index is 12.5. The molecule has 232 valence electrons. The third kappa shape index (κ3) is 15.0. The van der Waals surface area contributed by atoms with Gasteiger partial charge in [-0.1, -0.05) is 96.8 Å². The molecular formula is C35H52N2O5. The van der Waals surface area contributed by atoms with Gasteiger partial charge in [0.25, 0.3) is 0 Å². The van der Waals surface area contributed by atoms with Crippen LogP contribution in [0.4, 0.5) is 0 Å². The van der Waals surface area contributed by atoms with E-state index >= 15 is 0 Å². The lowest BCUT2D eigenvalue weighted by atomic mass is 10.0. The Bertz CT molecular complexity index is 1050. The van der Waals surface area contributed by atoms with Crippen molar-refractivity contribution in [1.82, 2.24) is 5.43 Å². The molecular weight excluding hydrogens is 528 g/mol. The van der Waals surface area contributed by atoms with Crippen molar-refractivity contribution >= 4 is 18.1 Å². The molecule has 7 heteroatoms. The van der Waals surface area contributed by atoms with E-state index in [1.165, 1.54) is 90.6 Å². The van der Waals surface area contributed by atoms with Crippen LogP contribution < -0.4 is 19.6 Å². The Kier molecular flexibility index (Phi) is 18.5. The Morgan fingerprint density at radius 2 is 1.31 bits per heavy atom. The molecule has 1 amide bonds. The van der Waals surface area contributed by atoms with Crippen molar-refractivity contribution < 1.29 is 23.8 Å². The van der Waals surface area contributed by atoms with Gasteiger partial charge in [-0.2, -0.15) is 5.10 Å². The van der Waals surface area contributed by atoms with E-state index in [2.05, 4.69) is 17.5 Å². The molecule has 0 aromatic heterocycles. The number of methoxy groups -OCH3 is 1. The number of unbranched alkanes of at least 4 members (excludes halogenated alkanes) is 14. The average Bonchev–Trinajstić information content (AvgIpc) is 3.00. The third-order valence-corrected chi connectivity index (χ3v) is 7.20. The van der Waals surface area contributed by atoms with Crippen LogP contribution in [0.15, 0.2) is 47.6 Å². The second kappa shape index (κ2) is 22.3. The zero-order valence-electron chi connectivity index (χ0n) is 26.1. The van der Waals surface area contributed by atoms with Crippen LogP contribution in [-0.2, 0) is 4.79 Å². The molecule has 0 radical (unpaired) electrons. The number of carbonyl (C=O) groups excluding carboxylic acids is 2. The molecule has 0 fully saturated rings. The Balaban J connectivity index is 1.57. The van der Waals surface area contributed by atoms with Gasteiger partial charge in [-0.25, -0.2) is 10.2 Å². The van der Waals surface area contributed by atoms with Crippen LogP contribution in [-0.4, -0.2) is 31.8 Å². The fourth-order valence-corrected chi connectivity index (χ4v) is 4.75. The number of hydrogen-bond donors (Lipinski definition) is 1. The Morgan fingerprint density at radius 3 is 1.86 bits per heavy atom. The van der Waals surface area contributed by atoms with Crippen LogP contribution >= 0.6 is 0 Å². The zero-order chi connectivity index (χ0) is 30.3. The highest BCUT2D eigenvalue weighted by atomic mass is 16.6. The van der Waals surface area contributed by atoms with Crippen molar-refractivity contribution in [3.05, 3.63) is 53.6 Å². The molecule has 0 bridgehead atoms. The summed E-state index contributed by atoms with van der Waals surface area (Å²) in [5, 5.41) is 4.07. The second-order valence-corrected chi connectivity index (χ2v) is 10.8. The predicted octanol–water partition coefficient (Wildman–Crippen LogP) is 9.02. The minimum absolute atomic E-state index is 0.0891. The first-order valence-electron chi connectivity index (χ1n) is 16.0. The van der Waals surface area contributed by atoms with Gasteiger partial charge in [0.1, 0.15) is 5.75 Å². The van der Waals surface area contributed by atoms with Gasteiger partial charge in [-0.05, 0) is 61.4 Å². The number of rotatable bonds is 23. The molecule has 42 heavy (non-hydrogen) atoms. The molecule has 0 unspecified atom stereocenters. The van der Waals surface area contributed by atoms with E-state index in [0.29, 0.717) is 41.4 Å². The molecule has 1 N–H and O–H groups in total. The Labute approximate surface area is 253 Å². The number of ether oxygens (including phenoxy) is 3. The number of benzene rings is 2. The molecule has 0 aliphatic heterocycles. The summed E-state index contributed by atoms with van der Waals surface area (Å²) in [5.74, 6) is 0.794. The number of carbonyl (C=O) groups is 2. The standard InChI is InChI=1S/C35H52N2O5/c1-4-6-7-8-9-10-11-12-13-14-15-16-17-18-19-20-34(38)37-36-28-29-21-26-32(33(27-29)40-3)42-35(39)30-22-24-31(25-23-30)41-5-2/h21-28H,4-20H2,1-3H3,(H,37,38)/b36-28+. The van der Waals surface area contributed by atoms with Crippen molar-refractivity contribution in [3.8, 4) is 17.2 Å². The molecule has 7 nitrogen and oxygen atoms in total. The lowest BCUT2D eigenvalue weighted by Crippen LogP contribution is -2.16. The summed E-state index contributed by atoms with van der Waals surface area (Å²) >= 11 is 0. The van der Waals surface area contributed by atoms with Gasteiger partial charge in [-0.3, -0.25) is 4.79 Å². The normalized spacial score (nSPS) is 11.0. The summed E-state index contributed by atoms with van der Waals surface area (Å²) in [6.07, 6.45) is 21.5. The maximum absolute atomic E-state index is 12.5. The highest BCUT2D eigenvalue weighted by Gasteiger charge is 2.13. The minimum Gasteiger partial charge on any atom is -0.494 e. The molecule has 2 aromatic rings. The molecule has 2 rings (SSSR count). The monoisotopic (exact) mass is 580 g/mol. The third-order valence-electron chi connectivity index (χ3n) is 7.20. The average molecular weight is 581 g/mol. The van der Waals surface area contributed by atoms with Crippen LogP contribution in [0, 0.1) is 0 Å². The van der Waals surface area contributed by atoms with E-state index in [1.54, 1.807) is 48.7 Å². The van der Waals surface area contributed by atoms with E-state index in [4.69, 9.17) is 14.2 Å². The number of esters is 1. The van der Waals surface area contributed by atoms with Gasteiger partial charge in [0.2, 0.25) is 5.91 Å². The smallest absolute Gasteiger partial charge is 0.343 e. The number of hydrazone groups is 1. The van der Waals surface area contributed by atoms with Crippen molar-refractivity contribution in [2.24, 2.45) is 5.10 Å². The van der Waals surface area contributed by atoms with E-state index in [-0.39, 0.29) is 5.91 Å². The van der Waals surface area contributed by atoms with Crippen LogP contribution in [0.2, 0.25) is 0 Å². The van der Waals surface area contributed by atoms with Gasteiger partial charge >= 0.3 is 5.97 Å². The SMILES string of the molecule is CCCCCCCCCCCCCCCCCC(=O)N/N=C/c1ccc(OC(=O)c2ccc(OCC)cc2)c(OC)c1. The van der Waals surface area contributed by atoms with Gasteiger partial charge < -0.3 is 14.2 Å². The summed E-state index contributed by atoms with van der Waals surface area (Å²) in [5.41, 5.74) is 3.71. The quantitative estimate of drug-likeness (QED) is 0.0466. The van der Waals surface area contributed by atoms with Gasteiger partial charge in [0.15, 0.2) is 11.5 Å². The Hall–Kier alpha value is -3.35. The number of nitrogens with one attached hydrogen (secondary N) is 1. The summed E-state index contributed by atoms with van der Waals surface area (Å²) in [7, 11) is 1.50. The van der Waals surface area contributed by atoms with Crippen molar-refractivity contribution in [1.29, 1.82) is 0 Å². The van der Waals surface area contributed by atoms with Crippen LogP contribution in [0.1, 0.15) is 133 Å². The highest BCUT2D eigenvalue weighted by molar-refractivity contribution is 5.91. The van der Waals surface area contributed by atoms with E-state index in [0.717, 1.165) is 12.8 Å². The molecule has 0 aliphatic rings. The summed E-state index contributed by atoms with van der Waals surface area (Å²) < 4.78 is 16.3. The van der Waals surface area contributed by atoms with E-state index in [9.17, 15) is 9.59 Å². The van der Waals surface area contributed by atoms with Crippen molar-refractivity contribution in [2.75, 3.05) is 13.7 Å². The molecule has 0 heterocycles. The number of amides is 1. The predicted molar refractivity (Wildman–Crippen MR) is 171 cm³/mol. The minimum atomic E-state index is -0.496. The fourth-order valence-electron chi connectivity index (χ4n) is 4.75. The highest BCUT2D eigenvalue weighted by Crippen LogP contribution is 2.28. The number of hydrogen-bond acceptors (Lipinski definition) is 6. The van der Waals surface area contributed by atoms with Crippen molar-refractivity contribution in [2.45, 2.75) is 117 Å². The largest absolute Gasteiger partial charge is 0.494 e. The summed E-state index contributed by atoms with van der Waals surface area (Å²) in [4.78, 5) is 24.7. The lowest BCUT2D eigenvalue weighted by molar-refractivity contribution is -0.121. The lowest BCUT2D eigenvalue weighted by Gasteiger charge is -2.10. The first-order chi connectivity index (χ1) is 20.6. The molecule has 2 aromatic carbocycles. The van der Waals surface area contributed by atoms with Gasteiger partial charge in [0, 0.05) is 6.42 Å². The van der Waals surface area contributed by atoms with Crippen LogP contribution in [0.5, 0.6) is 17.2 Å². The Morgan fingerprint density at radius 1 is 0.738 bits per heavy atom. The van der Waals surface area contributed by atoms with E-state index < -0.39 is 5.97 Å².